The minimum Gasteiger partial charge on any atom is -0.282 e. The highest BCUT2D eigenvalue weighted by Gasteiger charge is 2.24. The Morgan fingerprint density at radius 1 is 0.933 bits per heavy atom. The van der Waals surface area contributed by atoms with Gasteiger partial charge in [0.15, 0.2) is 0 Å². The van der Waals surface area contributed by atoms with Gasteiger partial charge in [0.1, 0.15) is 15.6 Å². The van der Waals surface area contributed by atoms with E-state index in [2.05, 4.69) is 0 Å². The number of hydrogen-bond donors (Lipinski definition) is 2. The summed E-state index contributed by atoms with van der Waals surface area (Å²) in [6, 6.07) is 1.46. The largest absolute Gasteiger partial charge is 0.296 e. The third-order valence-corrected chi connectivity index (χ3v) is 3.40. The molecule has 0 radical (unpaired) electrons. The maximum atomic E-state index is 12.6. The van der Waals surface area contributed by atoms with Gasteiger partial charge in [0.2, 0.25) is 0 Å². The first-order chi connectivity index (χ1) is 6.62. The maximum Gasteiger partial charge on any atom is 0.296 e. The molecule has 0 spiro atoms. The third kappa shape index (κ3) is 2.72. The van der Waals surface area contributed by atoms with Crippen LogP contribution in [0, 0.1) is 5.82 Å². The van der Waals surface area contributed by atoms with E-state index in [9.17, 15) is 21.2 Å². The molecule has 0 heterocycles. The van der Waals surface area contributed by atoms with E-state index in [1.54, 1.807) is 0 Å². The maximum absolute atomic E-state index is 12.6. The van der Waals surface area contributed by atoms with Crippen molar-refractivity contribution in [1.82, 2.24) is 0 Å². The predicted octanol–water partition coefficient (Wildman–Crippen LogP) is 0.319. The van der Waals surface area contributed by atoms with E-state index in [1.165, 1.54) is 0 Å². The van der Waals surface area contributed by atoms with Crippen molar-refractivity contribution in [2.75, 3.05) is 0 Å². The molecule has 9 heteroatoms. The standard InChI is InChI=1S/C6H5FO6S2/c7-4-1-2-5(14(8,9)10)6(3-4)15(11,12)13/h1-3H,(H,8,9,10)(H,11,12,13). The highest BCUT2D eigenvalue weighted by molar-refractivity contribution is 7.89. The fourth-order valence-electron chi connectivity index (χ4n) is 0.897. The van der Waals surface area contributed by atoms with E-state index in [-0.39, 0.29) is 0 Å². The number of rotatable bonds is 2. The molecule has 0 aliphatic carbocycles. The molecule has 0 fully saturated rings. The summed E-state index contributed by atoms with van der Waals surface area (Å²) in [6.45, 7) is 0. The zero-order chi connectivity index (χ0) is 11.9. The Hall–Kier alpha value is -1.03. The molecule has 0 bridgehead atoms. The Morgan fingerprint density at radius 3 is 1.80 bits per heavy atom. The van der Waals surface area contributed by atoms with Gasteiger partial charge >= 0.3 is 0 Å². The van der Waals surface area contributed by atoms with Crippen LogP contribution in [-0.4, -0.2) is 25.9 Å². The summed E-state index contributed by atoms with van der Waals surface area (Å²) in [4.78, 5) is -2.28. The van der Waals surface area contributed by atoms with Gasteiger partial charge in [0, 0.05) is 0 Å². The molecule has 0 atom stereocenters. The highest BCUT2D eigenvalue weighted by Crippen LogP contribution is 2.21. The minimum absolute atomic E-state index is 0.290. The van der Waals surface area contributed by atoms with Crippen LogP contribution in [0.15, 0.2) is 28.0 Å². The number of hydrogen-bond acceptors (Lipinski definition) is 4. The van der Waals surface area contributed by atoms with Gasteiger partial charge in [0.05, 0.1) is 0 Å². The molecule has 0 amide bonds. The van der Waals surface area contributed by atoms with Gasteiger partial charge in [-0.05, 0) is 18.2 Å². The summed E-state index contributed by atoms with van der Waals surface area (Å²) >= 11 is 0. The second-order valence-corrected chi connectivity index (χ2v) is 5.32. The van der Waals surface area contributed by atoms with Crippen LogP contribution in [-0.2, 0) is 20.2 Å². The van der Waals surface area contributed by atoms with E-state index in [4.69, 9.17) is 9.11 Å². The molecule has 0 saturated heterocycles. The molecule has 1 aromatic rings. The molecule has 0 aliphatic heterocycles. The molecular weight excluding hydrogens is 251 g/mol. The monoisotopic (exact) mass is 256 g/mol. The van der Waals surface area contributed by atoms with Crippen LogP contribution in [0.2, 0.25) is 0 Å². The predicted molar refractivity (Wildman–Crippen MR) is 46.0 cm³/mol. The normalized spacial score (nSPS) is 12.7. The minimum atomic E-state index is -4.92. The van der Waals surface area contributed by atoms with Crippen LogP contribution < -0.4 is 0 Å². The second kappa shape index (κ2) is 3.52. The van der Waals surface area contributed by atoms with E-state index >= 15 is 0 Å². The molecule has 0 aliphatic rings. The highest BCUT2D eigenvalue weighted by atomic mass is 32.2. The van der Waals surface area contributed by atoms with Gasteiger partial charge in [0.25, 0.3) is 20.2 Å². The van der Waals surface area contributed by atoms with Gasteiger partial charge in [-0.3, -0.25) is 9.11 Å². The Labute approximate surface area is 84.9 Å². The van der Waals surface area contributed by atoms with Crippen LogP contribution in [0.1, 0.15) is 0 Å². The van der Waals surface area contributed by atoms with Gasteiger partial charge in [-0.25, -0.2) is 4.39 Å². The SMILES string of the molecule is O=S(=O)(O)c1ccc(F)cc1S(=O)(=O)O. The lowest BCUT2D eigenvalue weighted by Crippen LogP contribution is -2.08. The van der Waals surface area contributed by atoms with Gasteiger partial charge in [-0.15, -0.1) is 0 Å². The molecule has 2 N–H and O–H groups in total. The van der Waals surface area contributed by atoms with E-state index < -0.39 is 35.8 Å². The average Bonchev–Trinajstić information content (AvgIpc) is 2.00. The topological polar surface area (TPSA) is 109 Å². The zero-order valence-electron chi connectivity index (χ0n) is 6.95. The van der Waals surface area contributed by atoms with E-state index in [0.29, 0.717) is 18.2 Å². The van der Waals surface area contributed by atoms with Gasteiger partial charge in [-0.2, -0.15) is 16.8 Å². The van der Waals surface area contributed by atoms with Crippen LogP contribution >= 0.6 is 0 Å². The van der Waals surface area contributed by atoms with Gasteiger partial charge in [-0.1, -0.05) is 0 Å². The first kappa shape index (κ1) is 12.0. The first-order valence-electron chi connectivity index (χ1n) is 3.37. The van der Waals surface area contributed by atoms with E-state index in [0.717, 1.165) is 0 Å². The first-order valence-corrected chi connectivity index (χ1v) is 6.25. The molecule has 84 valence electrons. The Balaban J connectivity index is 3.71. The lowest BCUT2D eigenvalue weighted by atomic mass is 10.3. The molecule has 0 unspecified atom stereocenters. The average molecular weight is 256 g/mol. The number of benzene rings is 1. The molecule has 6 nitrogen and oxygen atoms in total. The van der Waals surface area contributed by atoms with Crippen molar-refractivity contribution in [1.29, 1.82) is 0 Å². The van der Waals surface area contributed by atoms with Crippen LogP contribution in [0.25, 0.3) is 0 Å². The van der Waals surface area contributed by atoms with Crippen LogP contribution in [0.4, 0.5) is 4.39 Å². The smallest absolute Gasteiger partial charge is 0.282 e. The van der Waals surface area contributed by atoms with Crippen molar-refractivity contribution in [3.8, 4) is 0 Å². The van der Waals surface area contributed by atoms with Crippen molar-refractivity contribution in [3.63, 3.8) is 0 Å². The van der Waals surface area contributed by atoms with Crippen molar-refractivity contribution in [2.24, 2.45) is 0 Å². The second-order valence-electron chi connectivity index (χ2n) is 2.54. The molecule has 0 saturated carbocycles. The Morgan fingerprint density at radius 2 is 1.40 bits per heavy atom. The van der Waals surface area contributed by atoms with Crippen molar-refractivity contribution >= 4 is 20.2 Å². The molecular formula is C6H5FO6S2. The van der Waals surface area contributed by atoms with Crippen molar-refractivity contribution in [2.45, 2.75) is 9.79 Å². The zero-order valence-corrected chi connectivity index (χ0v) is 8.59. The summed E-state index contributed by atoms with van der Waals surface area (Å²) in [5.74, 6) is -1.06. The summed E-state index contributed by atoms with van der Waals surface area (Å²) in [7, 11) is -9.76. The van der Waals surface area contributed by atoms with Gasteiger partial charge < -0.3 is 0 Å². The summed E-state index contributed by atoms with van der Waals surface area (Å²) in [5.41, 5.74) is 0. The summed E-state index contributed by atoms with van der Waals surface area (Å²) in [5, 5.41) is 0. The number of halogens is 1. The van der Waals surface area contributed by atoms with Crippen molar-refractivity contribution < 1.29 is 30.3 Å². The quantitative estimate of drug-likeness (QED) is 0.737. The molecule has 1 aromatic carbocycles. The molecule has 0 aromatic heterocycles. The van der Waals surface area contributed by atoms with E-state index in [1.807, 2.05) is 0 Å². The molecule has 1 rings (SSSR count). The summed E-state index contributed by atoms with van der Waals surface area (Å²) in [6.07, 6.45) is 0. The van der Waals surface area contributed by atoms with Crippen LogP contribution in [0.3, 0.4) is 0 Å². The van der Waals surface area contributed by atoms with Crippen LogP contribution in [0.5, 0.6) is 0 Å². The third-order valence-electron chi connectivity index (χ3n) is 1.46. The summed E-state index contributed by atoms with van der Waals surface area (Å²) < 4.78 is 72.5. The molecule has 15 heavy (non-hydrogen) atoms. The van der Waals surface area contributed by atoms with Crippen molar-refractivity contribution in [3.05, 3.63) is 24.0 Å². The Bertz CT molecular complexity index is 588. The lowest BCUT2D eigenvalue weighted by Gasteiger charge is -2.03. The Kier molecular flexibility index (Phi) is 2.83. The fourth-order valence-corrected chi connectivity index (χ4v) is 2.67. The fraction of sp³-hybridized carbons (Fsp3) is 0. The lowest BCUT2D eigenvalue weighted by molar-refractivity contribution is 0.465.